The maximum atomic E-state index is 14.4. The molecule has 9 rings (SSSR count). The zero-order valence-corrected chi connectivity index (χ0v) is 21.9. The van der Waals surface area contributed by atoms with E-state index in [2.05, 4.69) is 39.5 Å². The number of aromatic nitrogens is 2. The van der Waals surface area contributed by atoms with Gasteiger partial charge < -0.3 is 19.6 Å². The van der Waals surface area contributed by atoms with Gasteiger partial charge in [-0.3, -0.25) is 14.5 Å². The highest BCUT2D eigenvalue weighted by molar-refractivity contribution is 6.39. The number of nitrogens with two attached hydrogens (primary N) is 1. The Morgan fingerprint density at radius 1 is 0.775 bits per heavy atom. The first kappa shape index (κ1) is 22.2. The summed E-state index contributed by atoms with van der Waals surface area (Å²) in [7, 11) is 1.62. The number of benzene rings is 4. The summed E-state index contributed by atoms with van der Waals surface area (Å²) in [6.45, 7) is 0.201. The normalized spacial score (nSPS) is 21.4. The van der Waals surface area contributed by atoms with Gasteiger partial charge >= 0.3 is 0 Å². The van der Waals surface area contributed by atoms with Gasteiger partial charge in [-0.2, -0.15) is 0 Å². The van der Waals surface area contributed by atoms with Crippen LogP contribution in [-0.4, -0.2) is 39.0 Å². The molecule has 196 valence electrons. The Bertz CT molecular complexity index is 2100. The molecule has 3 unspecified atom stereocenters. The number of hydrogen-bond donors (Lipinski definition) is 1. The number of para-hydroxylation sites is 2. The van der Waals surface area contributed by atoms with Crippen molar-refractivity contribution in [3.63, 3.8) is 0 Å². The molecular weight excluding hydrogens is 500 g/mol. The molecule has 2 aliphatic heterocycles. The van der Waals surface area contributed by atoms with Crippen molar-refractivity contribution in [3.8, 4) is 5.75 Å². The van der Waals surface area contributed by atoms with Crippen LogP contribution < -0.4 is 10.5 Å². The summed E-state index contributed by atoms with van der Waals surface area (Å²) in [4.78, 5) is 30.1. The van der Waals surface area contributed by atoms with E-state index in [0.29, 0.717) is 11.1 Å². The van der Waals surface area contributed by atoms with E-state index < -0.39 is 0 Å². The van der Waals surface area contributed by atoms with Gasteiger partial charge in [-0.25, -0.2) is 0 Å². The van der Waals surface area contributed by atoms with Gasteiger partial charge in [0.15, 0.2) is 0 Å². The minimum Gasteiger partial charge on any atom is -0.497 e. The highest BCUT2D eigenvalue weighted by atomic mass is 16.5. The number of carbonyl (C=O) groups excluding carboxylic acids is 2. The van der Waals surface area contributed by atoms with E-state index in [9.17, 15) is 9.59 Å². The minimum absolute atomic E-state index is 0.00512. The fraction of sp³-hybridized carbons (Fsp3) is 0.212. The summed E-state index contributed by atoms with van der Waals surface area (Å²) >= 11 is 0. The molecule has 3 atom stereocenters. The standard InChI is InChI=1S/C33H26N4O3/c1-40-19-12-10-17(11-13-19)16-35-32(38)28-26-20-6-2-4-8-23(20)36-18-14-22(34)25(15-18)37-24-9-5-3-7-21(24)27(29(28)33(35)39)31(37)30(26)36/h2-13,18,22,25H,14-16,34H2,1H3. The molecule has 2 bridgehead atoms. The van der Waals surface area contributed by atoms with Crippen LogP contribution in [-0.2, 0) is 6.54 Å². The average Bonchev–Trinajstić information content (AvgIpc) is 3.65. The Balaban J connectivity index is 1.43. The van der Waals surface area contributed by atoms with Crippen molar-refractivity contribution >= 4 is 55.4 Å². The van der Waals surface area contributed by atoms with Gasteiger partial charge in [-0.1, -0.05) is 48.5 Å². The number of nitrogens with zero attached hydrogens (tertiary/aromatic N) is 3. The minimum atomic E-state index is -0.240. The van der Waals surface area contributed by atoms with Gasteiger partial charge in [0.2, 0.25) is 0 Å². The van der Waals surface area contributed by atoms with Gasteiger partial charge in [0, 0.05) is 44.7 Å². The van der Waals surface area contributed by atoms with Crippen molar-refractivity contribution in [3.05, 3.63) is 89.5 Å². The van der Waals surface area contributed by atoms with Gasteiger partial charge in [-0.05, 0) is 42.7 Å². The van der Waals surface area contributed by atoms with E-state index in [1.165, 1.54) is 4.90 Å². The van der Waals surface area contributed by atoms with Crippen LogP contribution in [0.25, 0.3) is 43.6 Å². The van der Waals surface area contributed by atoms with Crippen molar-refractivity contribution in [1.82, 2.24) is 14.0 Å². The Morgan fingerprint density at radius 2 is 1.35 bits per heavy atom. The molecule has 1 aliphatic carbocycles. The zero-order chi connectivity index (χ0) is 26.9. The maximum Gasteiger partial charge on any atom is 0.262 e. The molecule has 0 spiro atoms. The van der Waals surface area contributed by atoms with Crippen molar-refractivity contribution in [2.24, 2.45) is 5.73 Å². The van der Waals surface area contributed by atoms with Crippen molar-refractivity contribution < 1.29 is 14.3 Å². The van der Waals surface area contributed by atoms with E-state index in [-0.39, 0.29) is 36.5 Å². The summed E-state index contributed by atoms with van der Waals surface area (Å²) in [6, 6.07) is 24.4. The second kappa shape index (κ2) is 7.52. The third kappa shape index (κ3) is 2.54. The SMILES string of the molecule is COc1ccc(CN2C(=O)c3c(c4c5ccccc5n5c4c4c3c3ccccc3n4C3CC(N)C5C3)C2=O)cc1. The molecule has 2 aromatic heterocycles. The lowest BCUT2D eigenvalue weighted by Crippen LogP contribution is -2.29. The van der Waals surface area contributed by atoms with Crippen LogP contribution in [0.1, 0.15) is 51.2 Å². The largest absolute Gasteiger partial charge is 0.497 e. The first-order chi connectivity index (χ1) is 19.6. The predicted molar refractivity (Wildman–Crippen MR) is 155 cm³/mol. The summed E-state index contributed by atoms with van der Waals surface area (Å²) in [5.74, 6) is 0.261. The molecule has 4 aromatic carbocycles. The molecule has 7 nitrogen and oxygen atoms in total. The van der Waals surface area contributed by atoms with Crippen LogP contribution >= 0.6 is 0 Å². The Morgan fingerprint density at radius 3 is 1.98 bits per heavy atom. The number of methoxy groups -OCH3 is 1. The smallest absolute Gasteiger partial charge is 0.262 e. The quantitative estimate of drug-likeness (QED) is 0.290. The molecule has 1 fully saturated rings. The predicted octanol–water partition coefficient (Wildman–Crippen LogP) is 5.92. The third-order valence-electron chi connectivity index (χ3n) is 9.46. The molecule has 1 saturated carbocycles. The van der Waals surface area contributed by atoms with Crippen LogP contribution in [0, 0.1) is 0 Å². The number of ether oxygens (including phenoxy) is 1. The number of amides is 2. The zero-order valence-electron chi connectivity index (χ0n) is 21.9. The lowest BCUT2D eigenvalue weighted by Gasteiger charge is -2.21. The van der Waals surface area contributed by atoms with Crippen LogP contribution in [0.15, 0.2) is 72.8 Å². The van der Waals surface area contributed by atoms with Crippen molar-refractivity contribution in [1.29, 1.82) is 0 Å². The summed E-state index contributed by atoms with van der Waals surface area (Å²) in [5.41, 5.74) is 13.0. The molecule has 6 aromatic rings. The number of imide groups is 1. The van der Waals surface area contributed by atoms with Crippen LogP contribution in [0.4, 0.5) is 0 Å². The van der Waals surface area contributed by atoms with Gasteiger partial charge in [0.1, 0.15) is 5.75 Å². The first-order valence-corrected chi connectivity index (χ1v) is 13.8. The van der Waals surface area contributed by atoms with Crippen LogP contribution in [0.3, 0.4) is 0 Å². The van der Waals surface area contributed by atoms with E-state index in [1.807, 2.05) is 42.5 Å². The second-order valence-electron chi connectivity index (χ2n) is 11.4. The fourth-order valence-electron chi connectivity index (χ4n) is 7.85. The molecule has 2 N–H and O–H groups in total. The maximum absolute atomic E-state index is 14.4. The lowest BCUT2D eigenvalue weighted by molar-refractivity contribution is 0.0643. The molecule has 0 radical (unpaired) electrons. The van der Waals surface area contributed by atoms with Gasteiger partial charge in [0.25, 0.3) is 11.8 Å². The number of hydrogen-bond acceptors (Lipinski definition) is 4. The molecule has 3 aliphatic rings. The van der Waals surface area contributed by atoms with Crippen molar-refractivity contribution in [2.75, 3.05) is 7.11 Å². The summed E-state index contributed by atoms with van der Waals surface area (Å²) < 4.78 is 10.1. The molecular formula is C33H26N4O3. The molecule has 0 saturated heterocycles. The Labute approximate surface area is 229 Å². The lowest BCUT2D eigenvalue weighted by atomic mass is 9.96. The van der Waals surface area contributed by atoms with E-state index in [1.54, 1.807) is 7.11 Å². The highest BCUT2D eigenvalue weighted by Gasteiger charge is 2.46. The van der Waals surface area contributed by atoms with E-state index in [4.69, 9.17) is 10.5 Å². The van der Waals surface area contributed by atoms with Gasteiger partial charge in [-0.15, -0.1) is 0 Å². The average molecular weight is 527 g/mol. The molecule has 40 heavy (non-hydrogen) atoms. The number of rotatable bonds is 3. The van der Waals surface area contributed by atoms with E-state index in [0.717, 1.165) is 67.8 Å². The van der Waals surface area contributed by atoms with Gasteiger partial charge in [0.05, 0.1) is 41.9 Å². The Hall–Kier alpha value is -4.62. The Kier molecular flexibility index (Phi) is 4.18. The number of carbonyl (C=O) groups is 2. The first-order valence-electron chi connectivity index (χ1n) is 13.8. The monoisotopic (exact) mass is 526 g/mol. The van der Waals surface area contributed by atoms with E-state index >= 15 is 0 Å². The van der Waals surface area contributed by atoms with Crippen LogP contribution in [0.2, 0.25) is 0 Å². The highest BCUT2D eigenvalue weighted by Crippen LogP contribution is 2.53. The third-order valence-corrected chi connectivity index (χ3v) is 9.46. The topological polar surface area (TPSA) is 82.5 Å². The molecule has 4 heterocycles. The van der Waals surface area contributed by atoms with Crippen LogP contribution in [0.5, 0.6) is 5.75 Å². The number of fused-ring (bicyclic) bond motifs is 13. The molecule has 2 amide bonds. The van der Waals surface area contributed by atoms with Crippen molar-refractivity contribution in [2.45, 2.75) is 37.5 Å². The summed E-state index contributed by atoms with van der Waals surface area (Å²) in [6.07, 6.45) is 1.80. The summed E-state index contributed by atoms with van der Waals surface area (Å²) in [5, 5.41) is 3.77. The molecule has 7 heteroatoms. The fourth-order valence-corrected chi connectivity index (χ4v) is 7.85. The second-order valence-corrected chi connectivity index (χ2v) is 11.4.